The van der Waals surface area contributed by atoms with Gasteiger partial charge in [0.15, 0.2) is 5.65 Å². The van der Waals surface area contributed by atoms with Crippen molar-refractivity contribution in [3.8, 4) is 0 Å². The van der Waals surface area contributed by atoms with Crippen molar-refractivity contribution in [2.45, 2.75) is 25.5 Å². The number of aromatic amines is 1. The summed E-state index contributed by atoms with van der Waals surface area (Å²) in [6, 6.07) is 12.4. The van der Waals surface area contributed by atoms with Crippen LogP contribution < -0.4 is 10.2 Å². The van der Waals surface area contributed by atoms with Gasteiger partial charge >= 0.3 is 0 Å². The number of hydrogen-bond donors (Lipinski definition) is 3. The highest BCUT2D eigenvalue weighted by molar-refractivity contribution is 5.80. The van der Waals surface area contributed by atoms with Crippen LogP contribution in [0.4, 0.5) is 11.6 Å². The van der Waals surface area contributed by atoms with E-state index in [1.54, 1.807) is 6.20 Å². The zero-order valence-corrected chi connectivity index (χ0v) is 15.5. The molecule has 3 N–H and O–H groups in total. The van der Waals surface area contributed by atoms with Crippen LogP contribution in [0.15, 0.2) is 48.8 Å². The first-order chi connectivity index (χ1) is 13.7. The number of rotatable bonds is 4. The van der Waals surface area contributed by atoms with E-state index in [0.717, 1.165) is 42.8 Å². The number of hydrogen-bond acceptors (Lipinski definition) is 6. The lowest BCUT2D eigenvalue weighted by Gasteiger charge is -2.30. The molecule has 28 heavy (non-hydrogen) atoms. The van der Waals surface area contributed by atoms with Crippen LogP contribution in [0, 0.1) is 0 Å². The molecule has 7 nitrogen and oxygen atoms in total. The first-order valence-corrected chi connectivity index (χ1v) is 9.61. The van der Waals surface area contributed by atoms with Crippen LogP contribution in [-0.4, -0.2) is 44.2 Å². The van der Waals surface area contributed by atoms with E-state index in [1.807, 2.05) is 18.3 Å². The zero-order valence-electron chi connectivity index (χ0n) is 15.5. The van der Waals surface area contributed by atoms with Crippen molar-refractivity contribution in [2.24, 2.45) is 0 Å². The lowest BCUT2D eigenvalue weighted by Crippen LogP contribution is -2.36. The second kappa shape index (κ2) is 7.09. The van der Waals surface area contributed by atoms with Crippen LogP contribution in [0.1, 0.15) is 18.4 Å². The molecule has 0 atom stereocenters. The summed E-state index contributed by atoms with van der Waals surface area (Å²) < 4.78 is 0. The maximum Gasteiger partial charge on any atom is 0.182 e. The number of aromatic nitrogens is 4. The van der Waals surface area contributed by atoms with Gasteiger partial charge in [-0.15, -0.1) is 0 Å². The van der Waals surface area contributed by atoms with Gasteiger partial charge in [-0.25, -0.2) is 15.0 Å². The van der Waals surface area contributed by atoms with E-state index >= 15 is 0 Å². The molecule has 5 rings (SSSR count). The molecular weight excluding hydrogens is 352 g/mol. The topological polar surface area (TPSA) is 90.0 Å². The molecular formula is C21H22N6O. The largest absolute Gasteiger partial charge is 0.393 e. The first kappa shape index (κ1) is 16.9. The number of pyridine rings is 1. The van der Waals surface area contributed by atoms with E-state index in [2.05, 4.69) is 49.4 Å². The van der Waals surface area contributed by atoms with Crippen molar-refractivity contribution >= 4 is 33.7 Å². The Morgan fingerprint density at radius 1 is 1.11 bits per heavy atom. The zero-order chi connectivity index (χ0) is 18.9. The van der Waals surface area contributed by atoms with E-state index in [4.69, 9.17) is 4.98 Å². The third kappa shape index (κ3) is 3.36. The second-order valence-corrected chi connectivity index (χ2v) is 7.24. The van der Waals surface area contributed by atoms with Crippen LogP contribution in [0.5, 0.6) is 0 Å². The highest BCUT2D eigenvalue weighted by Gasteiger charge is 2.18. The molecule has 1 saturated heterocycles. The third-order valence-electron chi connectivity index (χ3n) is 5.27. The third-order valence-corrected chi connectivity index (χ3v) is 5.27. The van der Waals surface area contributed by atoms with Crippen molar-refractivity contribution < 1.29 is 5.11 Å². The summed E-state index contributed by atoms with van der Waals surface area (Å²) in [5.74, 6) is 1.60. The molecule has 0 spiro atoms. The highest BCUT2D eigenvalue weighted by atomic mass is 16.3. The minimum absolute atomic E-state index is 0.197. The monoisotopic (exact) mass is 374 g/mol. The minimum atomic E-state index is -0.197. The van der Waals surface area contributed by atoms with Gasteiger partial charge in [0.1, 0.15) is 17.2 Å². The smallest absolute Gasteiger partial charge is 0.182 e. The maximum atomic E-state index is 9.70. The average Bonchev–Trinajstić information content (AvgIpc) is 3.20. The molecule has 0 bridgehead atoms. The van der Waals surface area contributed by atoms with E-state index in [0.29, 0.717) is 18.0 Å². The fraction of sp³-hybridized carbons (Fsp3) is 0.286. The van der Waals surface area contributed by atoms with Crippen LogP contribution in [0.25, 0.3) is 22.1 Å². The second-order valence-electron chi connectivity index (χ2n) is 7.24. The molecule has 7 heteroatoms. The van der Waals surface area contributed by atoms with Gasteiger partial charge < -0.3 is 20.3 Å². The summed E-state index contributed by atoms with van der Waals surface area (Å²) in [7, 11) is 0. The van der Waals surface area contributed by atoms with E-state index in [9.17, 15) is 5.11 Å². The Morgan fingerprint density at radius 2 is 2.00 bits per heavy atom. The number of aliphatic hydroxyl groups is 1. The molecule has 1 aliphatic heterocycles. The van der Waals surface area contributed by atoms with E-state index in [1.165, 1.54) is 10.9 Å². The van der Waals surface area contributed by atoms with Crippen LogP contribution in [0.3, 0.4) is 0 Å². The normalized spacial score (nSPS) is 15.4. The van der Waals surface area contributed by atoms with Crippen molar-refractivity contribution in [3.63, 3.8) is 0 Å². The fourth-order valence-electron chi connectivity index (χ4n) is 3.64. The van der Waals surface area contributed by atoms with Gasteiger partial charge in [-0.05, 0) is 48.1 Å². The Kier molecular flexibility index (Phi) is 4.29. The number of anilines is 2. The molecule has 0 radical (unpaired) electrons. The van der Waals surface area contributed by atoms with Crippen molar-refractivity contribution in [1.82, 2.24) is 19.9 Å². The number of piperidine rings is 1. The summed E-state index contributed by atoms with van der Waals surface area (Å²) in [6.07, 6.45) is 5.05. The van der Waals surface area contributed by atoms with Gasteiger partial charge in [0.2, 0.25) is 0 Å². The molecule has 1 aliphatic rings. The van der Waals surface area contributed by atoms with E-state index < -0.39 is 0 Å². The van der Waals surface area contributed by atoms with Crippen molar-refractivity contribution in [1.29, 1.82) is 0 Å². The maximum absolute atomic E-state index is 9.70. The molecule has 4 heterocycles. The number of nitrogens with zero attached hydrogens (tertiary/aromatic N) is 4. The fourth-order valence-corrected chi connectivity index (χ4v) is 3.64. The number of H-pyrrole nitrogens is 1. The Morgan fingerprint density at radius 3 is 2.89 bits per heavy atom. The Balaban J connectivity index is 1.34. The van der Waals surface area contributed by atoms with Crippen LogP contribution in [-0.2, 0) is 6.54 Å². The molecule has 0 aliphatic carbocycles. The Labute approximate surface area is 162 Å². The average molecular weight is 374 g/mol. The lowest BCUT2D eigenvalue weighted by molar-refractivity contribution is 0.145. The van der Waals surface area contributed by atoms with Gasteiger partial charge in [0.25, 0.3) is 0 Å². The minimum Gasteiger partial charge on any atom is -0.393 e. The summed E-state index contributed by atoms with van der Waals surface area (Å²) in [4.78, 5) is 19.3. The number of aliphatic hydroxyl groups excluding tert-OH is 1. The van der Waals surface area contributed by atoms with Gasteiger partial charge in [-0.1, -0.05) is 12.1 Å². The number of fused-ring (bicyclic) bond motifs is 2. The van der Waals surface area contributed by atoms with Crippen LogP contribution in [0.2, 0.25) is 0 Å². The first-order valence-electron chi connectivity index (χ1n) is 9.61. The molecule has 1 fully saturated rings. The summed E-state index contributed by atoms with van der Waals surface area (Å²) >= 11 is 0. The molecule has 0 unspecified atom stereocenters. The summed E-state index contributed by atoms with van der Waals surface area (Å²) in [6.45, 7) is 2.29. The van der Waals surface area contributed by atoms with Crippen molar-refractivity contribution in [3.05, 3.63) is 54.4 Å². The van der Waals surface area contributed by atoms with Gasteiger partial charge in [0, 0.05) is 31.3 Å². The van der Waals surface area contributed by atoms with Crippen molar-refractivity contribution in [2.75, 3.05) is 23.3 Å². The highest BCUT2D eigenvalue weighted by Crippen LogP contribution is 2.21. The van der Waals surface area contributed by atoms with Gasteiger partial charge in [0.05, 0.1) is 12.3 Å². The quantitative estimate of drug-likeness (QED) is 0.509. The molecule has 4 aromatic rings. The lowest BCUT2D eigenvalue weighted by atomic mass is 10.1. The van der Waals surface area contributed by atoms with Crippen LogP contribution >= 0.6 is 0 Å². The van der Waals surface area contributed by atoms with Gasteiger partial charge in [-0.2, -0.15) is 0 Å². The Hall–Kier alpha value is -3.19. The summed E-state index contributed by atoms with van der Waals surface area (Å²) in [5, 5.41) is 14.2. The van der Waals surface area contributed by atoms with Gasteiger partial charge in [-0.3, -0.25) is 0 Å². The number of nitrogens with one attached hydrogen (secondary N) is 2. The SMILES string of the molecule is OC1CCN(c2ccc3ncc(NCc4ccc5cc[nH]c5c4)nc3n2)CC1. The molecule has 1 aromatic carbocycles. The Bertz CT molecular complexity index is 1120. The predicted octanol–water partition coefficient (Wildman–Crippen LogP) is 3.08. The standard InChI is InChI=1S/C21H22N6O/c28-16-6-9-27(10-7-16)20-4-3-17-21(26-20)25-19(13-23-17)24-12-14-1-2-15-5-8-22-18(15)11-14/h1-5,8,11,13,16,22,28H,6-7,9-10,12H2,(H,24,25,26). The molecule has 0 amide bonds. The molecule has 0 saturated carbocycles. The number of benzene rings is 1. The molecule has 142 valence electrons. The predicted molar refractivity (Wildman–Crippen MR) is 110 cm³/mol. The van der Waals surface area contributed by atoms with E-state index in [-0.39, 0.29) is 6.10 Å². The summed E-state index contributed by atoms with van der Waals surface area (Å²) in [5.41, 5.74) is 3.71. The molecule has 3 aromatic heterocycles.